The van der Waals surface area contributed by atoms with E-state index in [0.717, 1.165) is 4.57 Å². The molecule has 0 fully saturated rings. The van der Waals surface area contributed by atoms with E-state index in [4.69, 9.17) is 27.6 Å². The highest BCUT2D eigenvalue weighted by Gasteiger charge is 2.20. The molecule has 0 radical (unpaired) electrons. The van der Waals surface area contributed by atoms with Gasteiger partial charge in [0.1, 0.15) is 23.1 Å². The molecule has 9 heteroatoms. The topological polar surface area (TPSA) is 104 Å². The summed E-state index contributed by atoms with van der Waals surface area (Å²) in [6.07, 6.45) is 1.44. The minimum absolute atomic E-state index is 0.0624. The van der Waals surface area contributed by atoms with Crippen molar-refractivity contribution in [3.8, 4) is 11.9 Å². The zero-order chi connectivity index (χ0) is 19.6. The van der Waals surface area contributed by atoms with Crippen LogP contribution in [-0.2, 0) is 6.54 Å². The van der Waals surface area contributed by atoms with Gasteiger partial charge in [-0.3, -0.25) is 9.36 Å². The average molecular weight is 403 g/mol. The summed E-state index contributed by atoms with van der Waals surface area (Å²) in [7, 11) is 0. The number of halogens is 2. The van der Waals surface area contributed by atoms with Gasteiger partial charge in [0.25, 0.3) is 5.56 Å². The first kappa shape index (κ1) is 18.7. The number of aromatic hydroxyl groups is 1. The van der Waals surface area contributed by atoms with Gasteiger partial charge in [-0.25, -0.2) is 0 Å². The zero-order valence-electron chi connectivity index (χ0n) is 14.0. The fourth-order valence-corrected chi connectivity index (χ4v) is 2.75. The van der Waals surface area contributed by atoms with Crippen molar-refractivity contribution in [1.29, 1.82) is 5.26 Å². The zero-order valence-corrected chi connectivity index (χ0v) is 15.5. The molecule has 2 aromatic heterocycles. The van der Waals surface area contributed by atoms with Crippen molar-refractivity contribution >= 4 is 34.6 Å². The van der Waals surface area contributed by atoms with E-state index in [1.165, 1.54) is 19.3 Å². The van der Waals surface area contributed by atoms with E-state index in [1.807, 2.05) is 6.07 Å². The van der Waals surface area contributed by atoms with Gasteiger partial charge in [-0.2, -0.15) is 5.26 Å². The molecule has 0 unspecified atom stereocenters. The maximum atomic E-state index is 12.8. The summed E-state index contributed by atoms with van der Waals surface area (Å²) in [6, 6.07) is 9.82. The molecule has 7 nitrogen and oxygen atoms in total. The van der Waals surface area contributed by atoms with Crippen molar-refractivity contribution in [3.63, 3.8) is 0 Å². The molecule has 0 aliphatic carbocycles. The van der Waals surface area contributed by atoms with Crippen molar-refractivity contribution < 1.29 is 9.52 Å². The lowest BCUT2D eigenvalue weighted by molar-refractivity contribution is 0.397. The lowest BCUT2D eigenvalue weighted by Gasteiger charge is -2.11. The molecule has 2 heterocycles. The quantitative estimate of drug-likeness (QED) is 0.612. The van der Waals surface area contributed by atoms with E-state index in [-0.39, 0.29) is 29.0 Å². The summed E-state index contributed by atoms with van der Waals surface area (Å²) in [6.45, 7) is 1.44. The molecule has 0 atom stereocenters. The fraction of sp³-hybridized carbons (Fsp3) is 0.111. The second kappa shape index (κ2) is 7.66. The number of benzene rings is 1. The molecule has 0 saturated carbocycles. The highest BCUT2D eigenvalue weighted by Crippen LogP contribution is 2.31. The van der Waals surface area contributed by atoms with Crippen LogP contribution in [0.4, 0.5) is 11.4 Å². The summed E-state index contributed by atoms with van der Waals surface area (Å²) in [5, 5.41) is 28.4. The van der Waals surface area contributed by atoms with Crippen LogP contribution in [0.1, 0.15) is 16.9 Å². The van der Waals surface area contributed by atoms with E-state index >= 15 is 0 Å². The van der Waals surface area contributed by atoms with Crippen molar-refractivity contribution in [2.75, 3.05) is 0 Å². The summed E-state index contributed by atoms with van der Waals surface area (Å²) in [5.74, 6) is -0.0305. The van der Waals surface area contributed by atoms with Crippen molar-refractivity contribution in [1.82, 2.24) is 4.57 Å². The Bertz CT molecular complexity index is 1130. The third-order valence-corrected chi connectivity index (χ3v) is 4.38. The van der Waals surface area contributed by atoms with Crippen LogP contribution in [0.15, 0.2) is 56.0 Å². The molecule has 0 amide bonds. The first-order chi connectivity index (χ1) is 12.9. The molecule has 3 aromatic rings. The summed E-state index contributed by atoms with van der Waals surface area (Å²) >= 11 is 12.0. The van der Waals surface area contributed by atoms with Gasteiger partial charge in [0.15, 0.2) is 5.69 Å². The van der Waals surface area contributed by atoms with Crippen molar-refractivity contribution in [3.05, 3.63) is 73.9 Å². The van der Waals surface area contributed by atoms with Crippen LogP contribution in [0, 0.1) is 18.3 Å². The molecule has 0 saturated heterocycles. The molecule has 0 spiro atoms. The number of aromatic nitrogens is 1. The van der Waals surface area contributed by atoms with Crippen LogP contribution < -0.4 is 5.56 Å². The predicted molar refractivity (Wildman–Crippen MR) is 100 cm³/mol. The van der Waals surface area contributed by atoms with E-state index in [1.54, 1.807) is 24.3 Å². The minimum atomic E-state index is -0.623. The smallest absolute Gasteiger partial charge is 0.281 e. The number of nitrogens with zero attached hydrogens (tertiary/aromatic N) is 4. The third kappa shape index (κ3) is 3.72. The fourth-order valence-electron chi connectivity index (χ4n) is 2.43. The number of nitriles is 1. The molecule has 27 heavy (non-hydrogen) atoms. The SMILES string of the molecule is Cc1c(C#N)c(O)n(Cc2ccco2)c(=O)c1N=Nc1cc(Cl)ccc1Cl. The van der Waals surface area contributed by atoms with Crippen molar-refractivity contribution in [2.45, 2.75) is 13.5 Å². The lowest BCUT2D eigenvalue weighted by atomic mass is 10.1. The molecular weight excluding hydrogens is 391 g/mol. The molecular formula is C18H12Cl2N4O3. The van der Waals surface area contributed by atoms with Gasteiger partial charge >= 0.3 is 0 Å². The number of hydrogen-bond acceptors (Lipinski definition) is 6. The Kier molecular flexibility index (Phi) is 5.31. The van der Waals surface area contributed by atoms with Gasteiger partial charge in [-0.05, 0) is 37.3 Å². The second-order valence-electron chi connectivity index (χ2n) is 5.55. The average Bonchev–Trinajstić information content (AvgIpc) is 3.15. The Morgan fingerprint density at radius 1 is 1.30 bits per heavy atom. The van der Waals surface area contributed by atoms with E-state index in [2.05, 4.69) is 10.2 Å². The highest BCUT2D eigenvalue weighted by atomic mass is 35.5. The Balaban J connectivity index is 2.15. The van der Waals surface area contributed by atoms with Crippen LogP contribution in [0.2, 0.25) is 10.0 Å². The van der Waals surface area contributed by atoms with Gasteiger partial charge < -0.3 is 9.52 Å². The van der Waals surface area contributed by atoms with Crippen LogP contribution in [-0.4, -0.2) is 9.67 Å². The Hall–Kier alpha value is -3.08. The standard InChI is InChI=1S/C18H12Cl2N4O3/c1-10-13(8-21)17(25)24(9-12-3-2-6-27-12)18(26)16(10)23-22-15-7-11(19)4-5-14(15)20/h2-7,25H,9H2,1H3. The molecule has 0 bridgehead atoms. The third-order valence-electron chi connectivity index (χ3n) is 3.83. The van der Waals surface area contributed by atoms with Gasteiger partial charge in [-0.1, -0.05) is 23.2 Å². The van der Waals surface area contributed by atoms with Crippen LogP contribution in [0.25, 0.3) is 0 Å². The number of furan rings is 1. The van der Waals surface area contributed by atoms with Gasteiger partial charge in [0.05, 0.1) is 17.8 Å². The Morgan fingerprint density at radius 3 is 2.74 bits per heavy atom. The molecule has 3 rings (SSSR count). The maximum absolute atomic E-state index is 12.8. The molecule has 0 aliphatic heterocycles. The number of rotatable bonds is 4. The van der Waals surface area contributed by atoms with Gasteiger partial charge in [0, 0.05) is 10.6 Å². The first-order valence-corrected chi connectivity index (χ1v) is 8.43. The normalized spacial score (nSPS) is 11.0. The monoisotopic (exact) mass is 402 g/mol. The van der Waals surface area contributed by atoms with E-state index < -0.39 is 11.4 Å². The van der Waals surface area contributed by atoms with Gasteiger partial charge in [-0.15, -0.1) is 10.2 Å². The minimum Gasteiger partial charge on any atom is -0.493 e. The number of pyridine rings is 1. The molecule has 0 aliphatic rings. The van der Waals surface area contributed by atoms with Crippen molar-refractivity contribution in [2.24, 2.45) is 10.2 Å². The van der Waals surface area contributed by atoms with E-state index in [0.29, 0.717) is 15.8 Å². The second-order valence-corrected chi connectivity index (χ2v) is 6.39. The highest BCUT2D eigenvalue weighted by molar-refractivity contribution is 6.35. The number of hydrogen-bond donors (Lipinski definition) is 1. The largest absolute Gasteiger partial charge is 0.493 e. The maximum Gasteiger partial charge on any atom is 0.281 e. The van der Waals surface area contributed by atoms with Crippen LogP contribution in [0.5, 0.6) is 5.88 Å². The van der Waals surface area contributed by atoms with Crippen LogP contribution >= 0.6 is 23.2 Å². The number of azo groups is 1. The Morgan fingerprint density at radius 2 is 2.07 bits per heavy atom. The molecule has 136 valence electrons. The van der Waals surface area contributed by atoms with E-state index in [9.17, 15) is 15.2 Å². The first-order valence-electron chi connectivity index (χ1n) is 7.68. The summed E-state index contributed by atoms with van der Waals surface area (Å²) in [5.41, 5.74) is -0.314. The lowest BCUT2D eigenvalue weighted by Crippen LogP contribution is -2.22. The molecule has 1 aromatic carbocycles. The predicted octanol–water partition coefficient (Wildman–Crippen LogP) is 5.10. The van der Waals surface area contributed by atoms with Gasteiger partial charge in [0.2, 0.25) is 5.88 Å². The van der Waals surface area contributed by atoms with Crippen LogP contribution in [0.3, 0.4) is 0 Å². The Labute approximate surface area is 163 Å². The summed E-state index contributed by atoms with van der Waals surface area (Å²) in [4.78, 5) is 12.8. The summed E-state index contributed by atoms with van der Waals surface area (Å²) < 4.78 is 6.21. The molecule has 1 N–H and O–H groups in total.